The third-order valence-electron chi connectivity index (χ3n) is 2.89. The maximum Gasteiger partial charge on any atom is 0.192 e. The van der Waals surface area contributed by atoms with E-state index in [-0.39, 0.29) is 0 Å². The summed E-state index contributed by atoms with van der Waals surface area (Å²) in [5.41, 5.74) is 10.3. The number of aryl methyl sites for hydroxylation is 2. The Morgan fingerprint density at radius 2 is 2.22 bits per heavy atom. The van der Waals surface area contributed by atoms with Crippen molar-refractivity contribution in [1.82, 2.24) is 14.8 Å². The average molecular weight is 242 g/mol. The van der Waals surface area contributed by atoms with E-state index in [1.54, 1.807) is 4.68 Å². The van der Waals surface area contributed by atoms with Gasteiger partial charge in [0.1, 0.15) is 5.52 Å². The molecule has 0 saturated heterocycles. The van der Waals surface area contributed by atoms with Crippen molar-refractivity contribution in [1.29, 1.82) is 0 Å². The molecule has 0 aliphatic heterocycles. The minimum Gasteiger partial charge on any atom is -0.441 e. The average Bonchev–Trinajstić information content (AvgIpc) is 2.89. The molecule has 0 aliphatic carbocycles. The Balaban J connectivity index is 2.18. The van der Waals surface area contributed by atoms with Gasteiger partial charge in [-0.2, -0.15) is 5.10 Å². The van der Waals surface area contributed by atoms with Crippen LogP contribution in [0.1, 0.15) is 11.5 Å². The first kappa shape index (κ1) is 11.0. The van der Waals surface area contributed by atoms with Crippen LogP contribution in [0, 0.1) is 6.92 Å². The zero-order chi connectivity index (χ0) is 12.7. The van der Waals surface area contributed by atoms with E-state index in [4.69, 9.17) is 10.2 Å². The zero-order valence-corrected chi connectivity index (χ0v) is 10.3. The zero-order valence-electron chi connectivity index (χ0n) is 10.3. The van der Waals surface area contributed by atoms with Crippen molar-refractivity contribution >= 4 is 11.1 Å². The van der Waals surface area contributed by atoms with E-state index >= 15 is 0 Å². The van der Waals surface area contributed by atoms with Crippen LogP contribution >= 0.6 is 0 Å². The number of nitrogens with two attached hydrogens (primary N) is 1. The van der Waals surface area contributed by atoms with Crippen molar-refractivity contribution in [3.8, 4) is 11.3 Å². The normalized spacial score (nSPS) is 11.3. The molecule has 2 heterocycles. The molecule has 18 heavy (non-hydrogen) atoms. The highest BCUT2D eigenvalue weighted by Gasteiger charge is 2.11. The van der Waals surface area contributed by atoms with E-state index < -0.39 is 0 Å². The van der Waals surface area contributed by atoms with Crippen LogP contribution < -0.4 is 5.73 Å². The Morgan fingerprint density at radius 3 is 3.00 bits per heavy atom. The first-order valence-electron chi connectivity index (χ1n) is 5.77. The molecule has 0 saturated carbocycles. The van der Waals surface area contributed by atoms with Gasteiger partial charge in [-0.1, -0.05) is 0 Å². The fourth-order valence-electron chi connectivity index (χ4n) is 2.12. The lowest BCUT2D eigenvalue weighted by Gasteiger charge is -1.99. The van der Waals surface area contributed by atoms with E-state index in [0.717, 1.165) is 27.9 Å². The van der Waals surface area contributed by atoms with Crippen LogP contribution in [0.3, 0.4) is 0 Å². The third-order valence-corrected chi connectivity index (χ3v) is 2.89. The minimum absolute atomic E-state index is 0.471. The Labute approximate surface area is 104 Å². The van der Waals surface area contributed by atoms with Crippen LogP contribution in [0.4, 0.5) is 0 Å². The lowest BCUT2D eigenvalue weighted by atomic mass is 10.1. The fraction of sp³-hybridized carbons (Fsp3) is 0.231. The van der Waals surface area contributed by atoms with Crippen molar-refractivity contribution in [2.75, 3.05) is 0 Å². The number of nitrogens with zero attached hydrogens (tertiary/aromatic N) is 3. The quantitative estimate of drug-likeness (QED) is 0.746. The molecular weight excluding hydrogens is 228 g/mol. The molecule has 2 N–H and O–H groups in total. The lowest BCUT2D eigenvalue weighted by molar-refractivity contribution is 0.561. The summed E-state index contributed by atoms with van der Waals surface area (Å²) in [5.74, 6) is 0.669. The largest absolute Gasteiger partial charge is 0.441 e. The lowest BCUT2D eigenvalue weighted by Crippen LogP contribution is -1.96. The van der Waals surface area contributed by atoms with Crippen molar-refractivity contribution in [2.24, 2.45) is 12.8 Å². The monoisotopic (exact) mass is 242 g/mol. The summed E-state index contributed by atoms with van der Waals surface area (Å²) in [6.45, 7) is 2.31. The Bertz CT molecular complexity index is 711. The van der Waals surface area contributed by atoms with Gasteiger partial charge < -0.3 is 10.2 Å². The number of oxazole rings is 1. The SMILES string of the molecule is Cc1nc2cc(-c3nn(C)cc3CN)ccc2o1. The molecule has 3 rings (SSSR count). The first-order valence-corrected chi connectivity index (χ1v) is 5.77. The van der Waals surface area contributed by atoms with Gasteiger partial charge in [0, 0.05) is 37.8 Å². The molecule has 0 unspecified atom stereocenters. The number of benzene rings is 1. The second kappa shape index (κ2) is 3.96. The number of fused-ring (bicyclic) bond motifs is 1. The highest BCUT2D eigenvalue weighted by atomic mass is 16.3. The summed E-state index contributed by atoms with van der Waals surface area (Å²) in [7, 11) is 1.89. The van der Waals surface area contributed by atoms with Crippen molar-refractivity contribution in [3.63, 3.8) is 0 Å². The Morgan fingerprint density at radius 1 is 1.39 bits per heavy atom. The summed E-state index contributed by atoms with van der Waals surface area (Å²) in [6.07, 6.45) is 1.94. The highest BCUT2D eigenvalue weighted by Crippen LogP contribution is 2.25. The van der Waals surface area contributed by atoms with Crippen LogP contribution in [0.2, 0.25) is 0 Å². The molecule has 2 aromatic heterocycles. The van der Waals surface area contributed by atoms with Crippen molar-refractivity contribution < 1.29 is 4.42 Å². The maximum absolute atomic E-state index is 5.73. The van der Waals surface area contributed by atoms with Gasteiger partial charge >= 0.3 is 0 Å². The van der Waals surface area contributed by atoms with Gasteiger partial charge in [0.15, 0.2) is 11.5 Å². The van der Waals surface area contributed by atoms with Gasteiger partial charge in [-0.15, -0.1) is 0 Å². The third kappa shape index (κ3) is 1.69. The van der Waals surface area contributed by atoms with Crippen LogP contribution in [-0.4, -0.2) is 14.8 Å². The molecule has 0 bridgehead atoms. The summed E-state index contributed by atoms with van der Waals surface area (Å²) in [5, 5.41) is 4.44. The van der Waals surface area contributed by atoms with E-state index in [9.17, 15) is 0 Å². The summed E-state index contributed by atoms with van der Waals surface area (Å²) in [6, 6.07) is 5.88. The van der Waals surface area contributed by atoms with Crippen LogP contribution in [0.15, 0.2) is 28.8 Å². The summed E-state index contributed by atoms with van der Waals surface area (Å²) in [4.78, 5) is 4.33. The Kier molecular flexibility index (Phi) is 2.41. The van der Waals surface area contributed by atoms with Gasteiger partial charge in [-0.25, -0.2) is 4.98 Å². The predicted octanol–water partition coefficient (Wildman–Crippen LogP) is 2.00. The standard InChI is InChI=1S/C13H14N4O/c1-8-15-11-5-9(3-4-12(11)18-8)13-10(6-14)7-17(2)16-13/h3-5,7H,6,14H2,1-2H3. The summed E-state index contributed by atoms with van der Waals surface area (Å²) < 4.78 is 7.23. The molecule has 0 atom stereocenters. The molecule has 0 fully saturated rings. The van der Waals surface area contributed by atoms with Crippen LogP contribution in [0.25, 0.3) is 22.4 Å². The number of hydrogen-bond acceptors (Lipinski definition) is 4. The number of rotatable bonds is 2. The molecule has 5 heteroatoms. The first-order chi connectivity index (χ1) is 8.67. The van der Waals surface area contributed by atoms with Gasteiger partial charge in [0.25, 0.3) is 0 Å². The van der Waals surface area contributed by atoms with Crippen molar-refractivity contribution in [3.05, 3.63) is 35.9 Å². The van der Waals surface area contributed by atoms with E-state index in [2.05, 4.69) is 10.1 Å². The van der Waals surface area contributed by atoms with Gasteiger partial charge in [0.2, 0.25) is 0 Å². The second-order valence-corrected chi connectivity index (χ2v) is 4.30. The van der Waals surface area contributed by atoms with E-state index in [1.165, 1.54) is 0 Å². The van der Waals surface area contributed by atoms with E-state index in [0.29, 0.717) is 12.4 Å². The number of hydrogen-bond donors (Lipinski definition) is 1. The molecule has 0 spiro atoms. The van der Waals surface area contributed by atoms with Crippen LogP contribution in [0.5, 0.6) is 0 Å². The molecule has 0 radical (unpaired) electrons. The second-order valence-electron chi connectivity index (χ2n) is 4.30. The molecule has 92 valence electrons. The molecule has 5 nitrogen and oxygen atoms in total. The highest BCUT2D eigenvalue weighted by molar-refractivity contribution is 5.80. The maximum atomic E-state index is 5.73. The molecule has 0 amide bonds. The minimum atomic E-state index is 0.471. The van der Waals surface area contributed by atoms with Gasteiger partial charge in [-0.05, 0) is 18.2 Å². The molecule has 0 aliphatic rings. The van der Waals surface area contributed by atoms with E-state index in [1.807, 2.05) is 38.4 Å². The Hall–Kier alpha value is -2.14. The fourth-order valence-corrected chi connectivity index (χ4v) is 2.12. The topological polar surface area (TPSA) is 69.9 Å². The predicted molar refractivity (Wildman–Crippen MR) is 68.8 cm³/mol. The smallest absolute Gasteiger partial charge is 0.192 e. The molecule has 1 aromatic carbocycles. The van der Waals surface area contributed by atoms with Gasteiger partial charge in [0.05, 0.1) is 5.69 Å². The van der Waals surface area contributed by atoms with Gasteiger partial charge in [-0.3, -0.25) is 4.68 Å². The number of aromatic nitrogens is 3. The summed E-state index contributed by atoms with van der Waals surface area (Å²) >= 11 is 0. The molecule has 3 aromatic rings. The van der Waals surface area contributed by atoms with Crippen molar-refractivity contribution in [2.45, 2.75) is 13.5 Å². The van der Waals surface area contributed by atoms with Crippen LogP contribution in [-0.2, 0) is 13.6 Å². The molecular formula is C13H14N4O.